The van der Waals surface area contributed by atoms with Gasteiger partial charge in [0.25, 0.3) is 0 Å². The van der Waals surface area contributed by atoms with Crippen molar-refractivity contribution in [1.29, 1.82) is 0 Å². The van der Waals surface area contributed by atoms with Crippen LogP contribution in [0.1, 0.15) is 45.2 Å². The molecule has 2 unspecified atom stereocenters. The summed E-state index contributed by atoms with van der Waals surface area (Å²) < 4.78 is 19.4. The second-order valence-electron chi connectivity index (χ2n) is 6.16. The SMILES string of the molecule is CC(C)OCC(O)CN(C1CC1)C(C)c1ccccc1F. The summed E-state index contributed by atoms with van der Waals surface area (Å²) in [6.07, 6.45) is 1.81. The molecule has 2 rings (SSSR count). The smallest absolute Gasteiger partial charge is 0.127 e. The molecule has 3 nitrogen and oxygen atoms in total. The number of rotatable bonds is 8. The van der Waals surface area contributed by atoms with E-state index >= 15 is 0 Å². The molecule has 0 spiro atoms. The zero-order valence-corrected chi connectivity index (χ0v) is 13.1. The molecule has 4 heteroatoms. The lowest BCUT2D eigenvalue weighted by atomic mass is 10.1. The molecule has 1 aromatic carbocycles. The molecule has 0 radical (unpaired) electrons. The Morgan fingerprint density at radius 3 is 2.52 bits per heavy atom. The van der Waals surface area contributed by atoms with Gasteiger partial charge in [-0.15, -0.1) is 0 Å². The maximum Gasteiger partial charge on any atom is 0.127 e. The van der Waals surface area contributed by atoms with Gasteiger partial charge in [0.15, 0.2) is 0 Å². The first kappa shape index (κ1) is 16.4. The minimum absolute atomic E-state index is 0.0348. The van der Waals surface area contributed by atoms with Crippen molar-refractivity contribution in [1.82, 2.24) is 4.90 Å². The number of hydrogen-bond acceptors (Lipinski definition) is 3. The predicted octanol–water partition coefficient (Wildman–Crippen LogP) is 3.14. The average molecular weight is 295 g/mol. The molecule has 0 amide bonds. The molecule has 0 bridgehead atoms. The molecule has 1 aromatic rings. The van der Waals surface area contributed by atoms with Gasteiger partial charge in [0.2, 0.25) is 0 Å². The Balaban J connectivity index is 2.00. The summed E-state index contributed by atoms with van der Waals surface area (Å²) >= 11 is 0. The molecule has 0 saturated heterocycles. The topological polar surface area (TPSA) is 32.7 Å². The summed E-state index contributed by atoms with van der Waals surface area (Å²) in [5, 5.41) is 10.1. The normalized spacial score (nSPS) is 18.2. The lowest BCUT2D eigenvalue weighted by Crippen LogP contribution is -2.38. The molecule has 1 aliphatic rings. The lowest BCUT2D eigenvalue weighted by molar-refractivity contribution is -0.0151. The van der Waals surface area contributed by atoms with E-state index in [-0.39, 0.29) is 18.0 Å². The lowest BCUT2D eigenvalue weighted by Gasteiger charge is -2.31. The first-order valence-electron chi connectivity index (χ1n) is 7.79. The quantitative estimate of drug-likeness (QED) is 0.800. The Kier molecular flexibility index (Phi) is 5.73. The van der Waals surface area contributed by atoms with Crippen LogP contribution in [-0.4, -0.2) is 41.4 Å². The van der Waals surface area contributed by atoms with Crippen molar-refractivity contribution in [2.45, 2.75) is 57.9 Å². The van der Waals surface area contributed by atoms with Gasteiger partial charge in [0.05, 0.1) is 18.8 Å². The Hall–Kier alpha value is -0.970. The highest BCUT2D eigenvalue weighted by atomic mass is 19.1. The summed E-state index contributed by atoms with van der Waals surface area (Å²) in [7, 11) is 0. The van der Waals surface area contributed by atoms with Gasteiger partial charge in [-0.05, 0) is 39.7 Å². The molecular formula is C17H26FNO2. The van der Waals surface area contributed by atoms with E-state index in [1.807, 2.05) is 32.9 Å². The van der Waals surface area contributed by atoms with Crippen molar-refractivity contribution in [2.75, 3.05) is 13.2 Å². The highest BCUT2D eigenvalue weighted by Gasteiger charge is 2.34. The van der Waals surface area contributed by atoms with Crippen molar-refractivity contribution in [3.63, 3.8) is 0 Å². The third-order valence-electron chi connectivity index (χ3n) is 3.91. The first-order valence-corrected chi connectivity index (χ1v) is 7.79. The number of benzene rings is 1. The van der Waals surface area contributed by atoms with Gasteiger partial charge in [-0.3, -0.25) is 4.90 Å². The average Bonchev–Trinajstić information content (AvgIpc) is 3.27. The van der Waals surface area contributed by atoms with E-state index in [1.165, 1.54) is 6.07 Å². The van der Waals surface area contributed by atoms with Crippen LogP contribution in [0, 0.1) is 5.82 Å². The highest BCUT2D eigenvalue weighted by Crippen LogP contribution is 2.35. The molecule has 0 aliphatic heterocycles. The summed E-state index contributed by atoms with van der Waals surface area (Å²) in [6, 6.07) is 7.30. The van der Waals surface area contributed by atoms with Crippen LogP contribution in [0.3, 0.4) is 0 Å². The standard InChI is InChI=1S/C17H26FNO2/c1-12(2)21-11-15(20)10-19(14-8-9-14)13(3)16-6-4-5-7-17(16)18/h4-7,12-15,20H,8-11H2,1-3H3. The third kappa shape index (κ3) is 4.77. The van der Waals surface area contributed by atoms with Crippen molar-refractivity contribution in [2.24, 2.45) is 0 Å². The van der Waals surface area contributed by atoms with E-state index in [0.717, 1.165) is 12.8 Å². The third-order valence-corrected chi connectivity index (χ3v) is 3.91. The molecule has 1 aliphatic carbocycles. The fourth-order valence-corrected chi connectivity index (χ4v) is 2.62. The van der Waals surface area contributed by atoms with Gasteiger partial charge in [-0.1, -0.05) is 18.2 Å². The fraction of sp³-hybridized carbons (Fsp3) is 0.647. The number of aliphatic hydroxyl groups excluding tert-OH is 1. The van der Waals surface area contributed by atoms with E-state index in [4.69, 9.17) is 4.74 Å². The fourth-order valence-electron chi connectivity index (χ4n) is 2.62. The van der Waals surface area contributed by atoms with Crippen molar-refractivity contribution >= 4 is 0 Å². The maximum atomic E-state index is 14.0. The summed E-state index contributed by atoms with van der Waals surface area (Å²) in [4.78, 5) is 2.20. The first-order chi connectivity index (χ1) is 9.99. The molecule has 1 saturated carbocycles. The summed E-state index contributed by atoms with van der Waals surface area (Å²) in [5.74, 6) is -0.177. The van der Waals surface area contributed by atoms with E-state index in [9.17, 15) is 9.50 Å². The van der Waals surface area contributed by atoms with Crippen LogP contribution in [0.2, 0.25) is 0 Å². The van der Waals surface area contributed by atoms with Crippen molar-refractivity contribution < 1.29 is 14.2 Å². The van der Waals surface area contributed by atoms with Crippen molar-refractivity contribution in [3.05, 3.63) is 35.6 Å². The summed E-state index contributed by atoms with van der Waals surface area (Å²) in [5.41, 5.74) is 0.696. The molecule has 2 atom stereocenters. The van der Waals surface area contributed by atoms with E-state index in [0.29, 0.717) is 24.8 Å². The Morgan fingerprint density at radius 1 is 1.29 bits per heavy atom. The number of halogens is 1. The van der Waals surface area contributed by atoms with Crippen LogP contribution in [0.4, 0.5) is 4.39 Å². The number of ether oxygens (including phenoxy) is 1. The van der Waals surface area contributed by atoms with Crippen LogP contribution >= 0.6 is 0 Å². The van der Waals surface area contributed by atoms with Gasteiger partial charge in [0.1, 0.15) is 5.82 Å². The van der Waals surface area contributed by atoms with Gasteiger partial charge in [0, 0.05) is 24.2 Å². The molecular weight excluding hydrogens is 269 g/mol. The highest BCUT2D eigenvalue weighted by molar-refractivity contribution is 5.21. The van der Waals surface area contributed by atoms with Gasteiger partial charge in [-0.25, -0.2) is 4.39 Å². The van der Waals surface area contributed by atoms with Gasteiger partial charge < -0.3 is 9.84 Å². The van der Waals surface area contributed by atoms with Crippen molar-refractivity contribution in [3.8, 4) is 0 Å². The molecule has 1 N–H and O–H groups in total. The maximum absolute atomic E-state index is 14.0. The minimum Gasteiger partial charge on any atom is -0.389 e. The second-order valence-corrected chi connectivity index (χ2v) is 6.16. The Morgan fingerprint density at radius 2 is 1.95 bits per heavy atom. The predicted molar refractivity (Wildman–Crippen MR) is 81.6 cm³/mol. The largest absolute Gasteiger partial charge is 0.389 e. The number of hydrogen-bond donors (Lipinski definition) is 1. The summed E-state index contributed by atoms with van der Waals surface area (Å²) in [6.45, 7) is 6.76. The van der Waals surface area contributed by atoms with Crippen LogP contribution < -0.4 is 0 Å². The van der Waals surface area contributed by atoms with Gasteiger partial charge >= 0.3 is 0 Å². The van der Waals surface area contributed by atoms with E-state index < -0.39 is 6.10 Å². The van der Waals surface area contributed by atoms with E-state index in [2.05, 4.69) is 4.90 Å². The molecule has 1 fully saturated rings. The zero-order chi connectivity index (χ0) is 15.4. The molecule has 118 valence electrons. The monoisotopic (exact) mass is 295 g/mol. The van der Waals surface area contributed by atoms with Crippen LogP contribution in [0.15, 0.2) is 24.3 Å². The Labute approximate surface area is 126 Å². The zero-order valence-electron chi connectivity index (χ0n) is 13.1. The van der Waals surface area contributed by atoms with Crippen LogP contribution in [0.25, 0.3) is 0 Å². The molecule has 0 aromatic heterocycles. The van der Waals surface area contributed by atoms with Crippen LogP contribution in [-0.2, 0) is 4.74 Å². The molecule has 21 heavy (non-hydrogen) atoms. The van der Waals surface area contributed by atoms with E-state index in [1.54, 1.807) is 6.07 Å². The Bertz CT molecular complexity index is 448. The minimum atomic E-state index is -0.540. The number of nitrogens with zero attached hydrogens (tertiary/aromatic N) is 1. The molecule has 0 heterocycles. The van der Waals surface area contributed by atoms with Gasteiger partial charge in [-0.2, -0.15) is 0 Å². The second kappa shape index (κ2) is 7.34. The van der Waals surface area contributed by atoms with Crippen LogP contribution in [0.5, 0.6) is 0 Å². The number of aliphatic hydroxyl groups is 1.